The molecule has 0 aromatic rings. The summed E-state index contributed by atoms with van der Waals surface area (Å²) in [5, 5.41) is 1.82. The average molecular weight is 211 g/mol. The van der Waals surface area contributed by atoms with Crippen molar-refractivity contribution in [1.82, 2.24) is 5.09 Å². The normalized spacial score (nSPS) is 14.3. The Morgan fingerprint density at radius 1 is 1.38 bits per heavy atom. The molecule has 0 saturated carbocycles. The summed E-state index contributed by atoms with van der Waals surface area (Å²) in [4.78, 5) is 27.9. The molecule has 6 nitrogen and oxygen atoms in total. The number of esters is 1. The van der Waals surface area contributed by atoms with E-state index in [9.17, 15) is 9.36 Å². The highest BCUT2D eigenvalue weighted by molar-refractivity contribution is 7.49. The summed E-state index contributed by atoms with van der Waals surface area (Å²) < 4.78 is 15.1. The van der Waals surface area contributed by atoms with Gasteiger partial charge in [0.2, 0.25) is 0 Å². The van der Waals surface area contributed by atoms with Gasteiger partial charge in [-0.3, -0.25) is 4.79 Å². The maximum absolute atomic E-state index is 11.0. The minimum atomic E-state index is -4.37. The molecule has 0 fully saturated rings. The third kappa shape index (κ3) is 6.72. The SMILES string of the molecule is CC(C)OC(=O)[C@H](C)NP(=O)(O)O. The third-order valence-corrected chi connectivity index (χ3v) is 1.79. The van der Waals surface area contributed by atoms with Crippen molar-refractivity contribution in [2.24, 2.45) is 0 Å². The molecule has 3 N–H and O–H groups in total. The molecule has 0 aromatic heterocycles. The maximum atomic E-state index is 11.0. The molecule has 78 valence electrons. The fourth-order valence-electron chi connectivity index (χ4n) is 0.639. The van der Waals surface area contributed by atoms with Gasteiger partial charge in [0.05, 0.1) is 6.10 Å². The van der Waals surface area contributed by atoms with E-state index < -0.39 is 19.8 Å². The van der Waals surface area contributed by atoms with Crippen molar-refractivity contribution in [2.75, 3.05) is 0 Å². The van der Waals surface area contributed by atoms with Crippen LogP contribution in [0.2, 0.25) is 0 Å². The van der Waals surface area contributed by atoms with Crippen molar-refractivity contribution in [3.8, 4) is 0 Å². The summed E-state index contributed by atoms with van der Waals surface area (Å²) in [7, 11) is -4.37. The van der Waals surface area contributed by atoms with Crippen LogP contribution < -0.4 is 5.09 Å². The lowest BCUT2D eigenvalue weighted by Gasteiger charge is -2.15. The molecule has 1 atom stereocenters. The van der Waals surface area contributed by atoms with E-state index in [1.54, 1.807) is 13.8 Å². The quantitative estimate of drug-likeness (QED) is 0.447. The van der Waals surface area contributed by atoms with Gasteiger partial charge in [0.15, 0.2) is 0 Å². The van der Waals surface area contributed by atoms with Crippen LogP contribution in [-0.2, 0) is 14.1 Å². The lowest BCUT2D eigenvalue weighted by atomic mass is 10.4. The van der Waals surface area contributed by atoms with E-state index in [1.807, 2.05) is 5.09 Å². The zero-order valence-electron chi connectivity index (χ0n) is 7.72. The second-order valence-electron chi connectivity index (χ2n) is 2.88. The molecule has 0 aliphatic heterocycles. The summed E-state index contributed by atoms with van der Waals surface area (Å²) in [6.45, 7) is 4.63. The van der Waals surface area contributed by atoms with Gasteiger partial charge in [-0.1, -0.05) is 0 Å². The number of nitrogens with one attached hydrogen (secondary N) is 1. The zero-order valence-corrected chi connectivity index (χ0v) is 8.62. The van der Waals surface area contributed by atoms with Crippen molar-refractivity contribution in [2.45, 2.75) is 32.9 Å². The van der Waals surface area contributed by atoms with Crippen molar-refractivity contribution in [3.63, 3.8) is 0 Å². The van der Waals surface area contributed by atoms with Crippen LogP contribution in [0.15, 0.2) is 0 Å². The molecule has 7 heteroatoms. The second-order valence-corrected chi connectivity index (χ2v) is 4.23. The predicted octanol–water partition coefficient (Wildman–Crippen LogP) is 0.00880. The monoisotopic (exact) mass is 211 g/mol. The number of carbonyl (C=O) groups is 1. The Kier molecular flexibility index (Phi) is 4.56. The Morgan fingerprint density at radius 3 is 2.15 bits per heavy atom. The predicted molar refractivity (Wildman–Crippen MR) is 45.9 cm³/mol. The Labute approximate surface area is 76.5 Å². The topological polar surface area (TPSA) is 95.9 Å². The smallest absolute Gasteiger partial charge is 0.401 e. The summed E-state index contributed by atoms with van der Waals surface area (Å²) in [6, 6.07) is -1.01. The standard InChI is InChI=1S/C6H14NO5P/c1-4(2)12-6(8)5(3)7-13(9,10)11/h4-5H,1-3H3,(H3,7,9,10,11)/t5-/m0/s1. The molecule has 0 heterocycles. The van der Waals surface area contributed by atoms with E-state index in [4.69, 9.17) is 14.5 Å². The average Bonchev–Trinajstić information content (AvgIpc) is 1.81. The second kappa shape index (κ2) is 4.72. The molecule has 13 heavy (non-hydrogen) atoms. The first-order valence-corrected chi connectivity index (χ1v) is 5.37. The molecular formula is C6H14NO5P. The Morgan fingerprint density at radius 2 is 1.85 bits per heavy atom. The molecule has 0 aromatic carbocycles. The molecule has 0 saturated heterocycles. The first kappa shape index (κ1) is 12.6. The summed E-state index contributed by atoms with van der Waals surface area (Å²) in [6.07, 6.45) is -0.298. The van der Waals surface area contributed by atoms with E-state index in [2.05, 4.69) is 0 Å². The minimum absolute atomic E-state index is 0.298. The molecule has 0 aliphatic rings. The lowest BCUT2D eigenvalue weighted by molar-refractivity contribution is -0.149. The highest BCUT2D eigenvalue weighted by atomic mass is 31.2. The summed E-state index contributed by atoms with van der Waals surface area (Å²) in [5.74, 6) is -0.682. The van der Waals surface area contributed by atoms with Gasteiger partial charge in [-0.2, -0.15) is 0 Å². The van der Waals surface area contributed by atoms with Gasteiger partial charge < -0.3 is 14.5 Å². The van der Waals surface area contributed by atoms with E-state index in [1.165, 1.54) is 6.92 Å². The van der Waals surface area contributed by atoms with Crippen molar-refractivity contribution < 1.29 is 23.9 Å². The Hall–Kier alpha value is -0.420. The molecular weight excluding hydrogens is 197 g/mol. The van der Waals surface area contributed by atoms with E-state index >= 15 is 0 Å². The number of ether oxygens (including phenoxy) is 1. The number of carbonyl (C=O) groups excluding carboxylic acids is 1. The number of rotatable bonds is 4. The van der Waals surface area contributed by atoms with Crippen LogP contribution in [0.25, 0.3) is 0 Å². The van der Waals surface area contributed by atoms with Crippen LogP contribution >= 0.6 is 7.75 Å². The maximum Gasteiger partial charge on any atom is 0.401 e. The van der Waals surface area contributed by atoms with Gasteiger partial charge in [-0.15, -0.1) is 0 Å². The first-order chi connectivity index (χ1) is 5.72. The molecule has 0 radical (unpaired) electrons. The van der Waals surface area contributed by atoms with Gasteiger partial charge in [-0.25, -0.2) is 9.65 Å². The van der Waals surface area contributed by atoms with Crippen LogP contribution in [0.1, 0.15) is 20.8 Å². The molecule has 0 bridgehead atoms. The largest absolute Gasteiger partial charge is 0.462 e. The first-order valence-electron chi connectivity index (χ1n) is 3.76. The van der Waals surface area contributed by atoms with E-state index in [0.29, 0.717) is 0 Å². The lowest BCUT2D eigenvalue weighted by Crippen LogP contribution is -2.34. The highest BCUT2D eigenvalue weighted by Gasteiger charge is 2.23. The molecule has 0 spiro atoms. The zero-order chi connectivity index (χ0) is 10.6. The van der Waals surface area contributed by atoms with Crippen LogP contribution in [0.4, 0.5) is 0 Å². The van der Waals surface area contributed by atoms with E-state index in [-0.39, 0.29) is 6.10 Å². The van der Waals surface area contributed by atoms with Crippen molar-refractivity contribution in [1.29, 1.82) is 0 Å². The van der Waals surface area contributed by atoms with Gasteiger partial charge in [0.1, 0.15) is 6.04 Å². The minimum Gasteiger partial charge on any atom is -0.462 e. The number of hydrogen-bond acceptors (Lipinski definition) is 3. The van der Waals surface area contributed by atoms with Crippen molar-refractivity contribution >= 4 is 13.7 Å². The number of hydrogen-bond donors (Lipinski definition) is 3. The van der Waals surface area contributed by atoms with Crippen LogP contribution in [-0.4, -0.2) is 27.9 Å². The highest BCUT2D eigenvalue weighted by Crippen LogP contribution is 2.29. The van der Waals surface area contributed by atoms with Crippen LogP contribution in [0, 0.1) is 0 Å². The van der Waals surface area contributed by atoms with Gasteiger partial charge in [0.25, 0.3) is 0 Å². The Balaban J connectivity index is 4.05. The summed E-state index contributed by atoms with van der Waals surface area (Å²) in [5.41, 5.74) is 0. The fraction of sp³-hybridized carbons (Fsp3) is 0.833. The van der Waals surface area contributed by atoms with Crippen molar-refractivity contribution in [3.05, 3.63) is 0 Å². The van der Waals surface area contributed by atoms with Crippen LogP contribution in [0.5, 0.6) is 0 Å². The van der Waals surface area contributed by atoms with Gasteiger partial charge in [-0.05, 0) is 20.8 Å². The molecule has 0 rings (SSSR count). The van der Waals surface area contributed by atoms with E-state index in [0.717, 1.165) is 0 Å². The van der Waals surface area contributed by atoms with Gasteiger partial charge in [0, 0.05) is 0 Å². The molecule has 0 amide bonds. The molecule has 0 aliphatic carbocycles. The van der Waals surface area contributed by atoms with Crippen LogP contribution in [0.3, 0.4) is 0 Å². The third-order valence-electron chi connectivity index (χ3n) is 1.07. The molecule has 0 unspecified atom stereocenters. The van der Waals surface area contributed by atoms with Gasteiger partial charge >= 0.3 is 13.7 Å². The summed E-state index contributed by atoms with van der Waals surface area (Å²) >= 11 is 0. The fourth-order valence-corrected chi connectivity index (χ4v) is 1.25. The Bertz CT molecular complexity index is 223.